The third-order valence-corrected chi connectivity index (χ3v) is 1.44. The molecule has 0 aliphatic rings. The summed E-state index contributed by atoms with van der Waals surface area (Å²) >= 11 is 0. The van der Waals surface area contributed by atoms with Gasteiger partial charge in [0.15, 0.2) is 0 Å². The predicted octanol–water partition coefficient (Wildman–Crippen LogP) is 0.116. The van der Waals surface area contributed by atoms with E-state index < -0.39 is 0 Å². The Morgan fingerprint density at radius 1 is 1.60 bits per heavy atom. The van der Waals surface area contributed by atoms with E-state index in [0.29, 0.717) is 12.5 Å². The summed E-state index contributed by atoms with van der Waals surface area (Å²) in [5.41, 5.74) is 0. The molecule has 0 bridgehead atoms. The molecule has 10 heavy (non-hydrogen) atoms. The quantitative estimate of drug-likeness (QED) is 0.548. The molecule has 1 atom stereocenters. The highest BCUT2D eigenvalue weighted by atomic mass is 16.3. The molecule has 1 unspecified atom stereocenters. The van der Waals surface area contributed by atoms with Crippen LogP contribution in [0, 0.1) is 17.2 Å². The Bertz CT molecular complexity index is 117. The van der Waals surface area contributed by atoms with Crippen LogP contribution < -0.4 is 5.32 Å². The predicted molar refractivity (Wildman–Crippen MR) is 39.3 cm³/mol. The van der Waals surface area contributed by atoms with Gasteiger partial charge in [0.2, 0.25) is 0 Å². The molecule has 0 heterocycles. The lowest BCUT2D eigenvalue weighted by molar-refractivity contribution is 0.215. The van der Waals surface area contributed by atoms with E-state index in [4.69, 9.17) is 10.4 Å². The van der Waals surface area contributed by atoms with Gasteiger partial charge in [-0.05, 0) is 5.92 Å². The zero-order valence-electron chi connectivity index (χ0n) is 6.46. The molecule has 0 aliphatic carbocycles. The van der Waals surface area contributed by atoms with Crippen LogP contribution in [0.3, 0.4) is 0 Å². The van der Waals surface area contributed by atoms with Crippen LogP contribution in [0.2, 0.25) is 0 Å². The molecule has 0 aliphatic heterocycles. The standard InChI is InChI=1S/C7H14N2O/c1-6(2)7(5-10)9-4-3-8/h6-7,9-10H,4-5H2,1-2H3. The minimum absolute atomic E-state index is 0.0552. The van der Waals surface area contributed by atoms with E-state index in [9.17, 15) is 0 Å². The van der Waals surface area contributed by atoms with Crippen molar-refractivity contribution in [3.63, 3.8) is 0 Å². The van der Waals surface area contributed by atoms with E-state index in [2.05, 4.69) is 5.32 Å². The highest BCUT2D eigenvalue weighted by Crippen LogP contribution is 1.98. The fraction of sp³-hybridized carbons (Fsp3) is 0.857. The van der Waals surface area contributed by atoms with Crippen LogP contribution in [0.4, 0.5) is 0 Å². The van der Waals surface area contributed by atoms with E-state index in [0.717, 1.165) is 0 Å². The summed E-state index contributed by atoms with van der Waals surface area (Å²) in [6, 6.07) is 2.02. The molecule has 3 heteroatoms. The van der Waals surface area contributed by atoms with Crippen molar-refractivity contribution in [3.05, 3.63) is 0 Å². The average Bonchev–Trinajstić information content (AvgIpc) is 1.89. The summed E-state index contributed by atoms with van der Waals surface area (Å²) in [7, 11) is 0. The van der Waals surface area contributed by atoms with Crippen molar-refractivity contribution < 1.29 is 5.11 Å². The van der Waals surface area contributed by atoms with Gasteiger partial charge in [0.05, 0.1) is 19.2 Å². The van der Waals surface area contributed by atoms with E-state index in [1.54, 1.807) is 0 Å². The summed E-state index contributed by atoms with van der Waals surface area (Å²) in [6.07, 6.45) is 0. The molecule has 0 aromatic carbocycles. The van der Waals surface area contributed by atoms with Crippen LogP contribution in [0.1, 0.15) is 13.8 Å². The molecule has 0 fully saturated rings. The second-order valence-electron chi connectivity index (χ2n) is 2.57. The second kappa shape index (κ2) is 5.21. The Balaban J connectivity index is 3.52. The molecule has 0 aromatic heterocycles. The number of hydrogen-bond acceptors (Lipinski definition) is 3. The fourth-order valence-electron chi connectivity index (χ4n) is 0.688. The second-order valence-corrected chi connectivity index (χ2v) is 2.57. The monoisotopic (exact) mass is 142 g/mol. The van der Waals surface area contributed by atoms with E-state index in [1.165, 1.54) is 0 Å². The topological polar surface area (TPSA) is 56.0 Å². The summed E-state index contributed by atoms with van der Waals surface area (Å²) < 4.78 is 0. The molecule has 58 valence electrons. The van der Waals surface area contributed by atoms with Crippen molar-refractivity contribution in [1.82, 2.24) is 5.32 Å². The van der Waals surface area contributed by atoms with Gasteiger partial charge in [-0.15, -0.1) is 0 Å². The Morgan fingerprint density at radius 2 is 2.20 bits per heavy atom. The minimum Gasteiger partial charge on any atom is -0.395 e. The molecule has 3 nitrogen and oxygen atoms in total. The molecule has 0 aromatic rings. The molecule has 0 radical (unpaired) electrons. The lowest BCUT2D eigenvalue weighted by Gasteiger charge is -2.17. The van der Waals surface area contributed by atoms with Crippen molar-refractivity contribution in [3.8, 4) is 6.07 Å². The van der Waals surface area contributed by atoms with Crippen molar-refractivity contribution in [2.75, 3.05) is 13.2 Å². The van der Waals surface area contributed by atoms with Crippen LogP contribution in [0.5, 0.6) is 0 Å². The van der Waals surface area contributed by atoms with Gasteiger partial charge in [0.25, 0.3) is 0 Å². The lowest BCUT2D eigenvalue weighted by Crippen LogP contribution is -2.37. The van der Waals surface area contributed by atoms with Crippen LogP contribution in [0.15, 0.2) is 0 Å². The molecular weight excluding hydrogens is 128 g/mol. The Morgan fingerprint density at radius 3 is 2.50 bits per heavy atom. The first-order chi connectivity index (χ1) is 4.72. The summed E-state index contributed by atoms with van der Waals surface area (Å²) in [5, 5.41) is 19.9. The van der Waals surface area contributed by atoms with Gasteiger partial charge in [0, 0.05) is 6.04 Å². The van der Waals surface area contributed by atoms with Gasteiger partial charge in [-0.3, -0.25) is 5.32 Å². The van der Waals surface area contributed by atoms with E-state index in [-0.39, 0.29) is 12.6 Å². The molecule has 0 saturated heterocycles. The fourth-order valence-corrected chi connectivity index (χ4v) is 0.688. The van der Waals surface area contributed by atoms with Crippen molar-refractivity contribution in [2.24, 2.45) is 5.92 Å². The zero-order chi connectivity index (χ0) is 7.98. The normalized spacial score (nSPS) is 13.1. The lowest BCUT2D eigenvalue weighted by atomic mass is 10.1. The first kappa shape index (κ1) is 9.41. The highest BCUT2D eigenvalue weighted by Gasteiger charge is 2.09. The minimum atomic E-state index is 0.0552. The largest absolute Gasteiger partial charge is 0.395 e. The van der Waals surface area contributed by atoms with Crippen LogP contribution >= 0.6 is 0 Å². The third-order valence-electron chi connectivity index (χ3n) is 1.44. The molecule has 0 spiro atoms. The van der Waals surface area contributed by atoms with Gasteiger partial charge in [0.1, 0.15) is 0 Å². The number of aliphatic hydroxyl groups excluding tert-OH is 1. The molecule has 0 saturated carbocycles. The number of aliphatic hydroxyl groups is 1. The Kier molecular flexibility index (Phi) is 4.91. The molecule has 0 amide bonds. The zero-order valence-corrected chi connectivity index (χ0v) is 6.46. The number of nitriles is 1. The smallest absolute Gasteiger partial charge is 0.0843 e. The number of nitrogens with one attached hydrogen (secondary N) is 1. The van der Waals surface area contributed by atoms with Crippen LogP contribution in [-0.2, 0) is 0 Å². The number of hydrogen-bond donors (Lipinski definition) is 2. The number of rotatable bonds is 4. The Hall–Kier alpha value is -0.590. The third kappa shape index (κ3) is 3.44. The maximum absolute atomic E-state index is 8.75. The van der Waals surface area contributed by atoms with Gasteiger partial charge in [-0.2, -0.15) is 5.26 Å². The van der Waals surface area contributed by atoms with Gasteiger partial charge in [-0.1, -0.05) is 13.8 Å². The molecular formula is C7H14N2O. The van der Waals surface area contributed by atoms with E-state index in [1.807, 2.05) is 19.9 Å². The van der Waals surface area contributed by atoms with Crippen molar-refractivity contribution in [2.45, 2.75) is 19.9 Å². The van der Waals surface area contributed by atoms with Crippen molar-refractivity contribution >= 4 is 0 Å². The van der Waals surface area contributed by atoms with Crippen molar-refractivity contribution in [1.29, 1.82) is 5.26 Å². The van der Waals surface area contributed by atoms with Gasteiger partial charge < -0.3 is 5.11 Å². The maximum Gasteiger partial charge on any atom is 0.0843 e. The van der Waals surface area contributed by atoms with Crippen LogP contribution in [-0.4, -0.2) is 24.3 Å². The first-order valence-corrected chi connectivity index (χ1v) is 3.43. The summed E-state index contributed by atoms with van der Waals surface area (Å²) in [6.45, 7) is 4.42. The Labute approximate surface area is 61.7 Å². The summed E-state index contributed by atoms with van der Waals surface area (Å²) in [5.74, 6) is 0.373. The number of nitrogens with zero attached hydrogens (tertiary/aromatic N) is 1. The van der Waals surface area contributed by atoms with Crippen LogP contribution in [0.25, 0.3) is 0 Å². The first-order valence-electron chi connectivity index (χ1n) is 3.43. The maximum atomic E-state index is 8.75. The van der Waals surface area contributed by atoms with Gasteiger partial charge >= 0.3 is 0 Å². The van der Waals surface area contributed by atoms with E-state index >= 15 is 0 Å². The SMILES string of the molecule is CC(C)C(CO)NCC#N. The molecule has 2 N–H and O–H groups in total. The molecule has 0 rings (SSSR count). The summed E-state index contributed by atoms with van der Waals surface area (Å²) in [4.78, 5) is 0. The van der Waals surface area contributed by atoms with Gasteiger partial charge in [-0.25, -0.2) is 0 Å². The average molecular weight is 142 g/mol. The highest BCUT2D eigenvalue weighted by molar-refractivity contribution is 4.78.